The summed E-state index contributed by atoms with van der Waals surface area (Å²) in [6.45, 7) is 2.27. The molecular weight excluding hydrogens is 133 g/mol. The van der Waals surface area contributed by atoms with Crippen molar-refractivity contribution in [1.29, 1.82) is 0 Å². The summed E-state index contributed by atoms with van der Waals surface area (Å²) >= 11 is -0.545. The Morgan fingerprint density at radius 3 is 1.83 bits per heavy atom. The zero-order valence-electron chi connectivity index (χ0n) is 4.99. The third kappa shape index (κ3) is 4.54. The van der Waals surface area contributed by atoms with Crippen LogP contribution in [0.4, 0.5) is 0 Å². The fourth-order valence-corrected chi connectivity index (χ4v) is 3.00. The minimum absolute atomic E-state index is 0.545. The van der Waals surface area contributed by atoms with Crippen molar-refractivity contribution in [1.82, 2.24) is 0 Å². The van der Waals surface area contributed by atoms with Crippen LogP contribution in [0.2, 0.25) is 16.8 Å². The molecule has 0 fully saturated rings. The van der Waals surface area contributed by atoms with Gasteiger partial charge in [-0.3, -0.25) is 0 Å². The van der Waals surface area contributed by atoms with Gasteiger partial charge in [0.25, 0.3) is 0 Å². The average molecular weight is 147 g/mol. The summed E-state index contributed by atoms with van der Waals surface area (Å²) in [5, 5.41) is 1.56. The fraction of sp³-hybridized carbons (Fsp3) is 1.00. The third-order valence-electron chi connectivity index (χ3n) is 0.866. The van der Waals surface area contributed by atoms with Crippen LogP contribution in [-0.2, 0) is 0 Å². The molecule has 0 saturated heterocycles. The third-order valence-corrected chi connectivity index (χ3v) is 4.50. The van der Waals surface area contributed by atoms with Gasteiger partial charge in [0.15, 0.2) is 0 Å². The molecular formula is C5H14Ge. The van der Waals surface area contributed by atoms with Crippen molar-refractivity contribution in [3.63, 3.8) is 0 Å². The van der Waals surface area contributed by atoms with E-state index in [9.17, 15) is 0 Å². The molecule has 0 atom stereocenters. The molecule has 0 unspecified atom stereocenters. The van der Waals surface area contributed by atoms with Gasteiger partial charge in [-0.25, -0.2) is 0 Å². The van der Waals surface area contributed by atoms with Crippen LogP contribution in [0.5, 0.6) is 0 Å². The Bertz CT molecular complexity index is 25.1. The van der Waals surface area contributed by atoms with Crippen LogP contribution in [0.1, 0.15) is 13.3 Å². The Hall–Kier alpha value is 0.543. The summed E-state index contributed by atoms with van der Waals surface area (Å²) < 4.78 is 0. The summed E-state index contributed by atoms with van der Waals surface area (Å²) in [6.07, 6.45) is 1.41. The minimum atomic E-state index is -0.545. The van der Waals surface area contributed by atoms with Gasteiger partial charge in [0.1, 0.15) is 0 Å². The Labute approximate surface area is 45.0 Å². The van der Waals surface area contributed by atoms with E-state index in [-0.39, 0.29) is 0 Å². The molecule has 0 nitrogen and oxygen atoms in total. The van der Waals surface area contributed by atoms with Crippen LogP contribution >= 0.6 is 0 Å². The molecule has 0 aliphatic rings. The number of rotatable bonds is 2. The molecule has 38 valence electrons. The molecule has 1 heteroatoms. The zero-order chi connectivity index (χ0) is 4.99. The van der Waals surface area contributed by atoms with Crippen molar-refractivity contribution in [2.75, 3.05) is 0 Å². The van der Waals surface area contributed by atoms with Gasteiger partial charge in [0.2, 0.25) is 0 Å². The Balaban J connectivity index is 2.63. The molecule has 0 aromatic heterocycles. The molecule has 0 aromatic carbocycles. The van der Waals surface area contributed by atoms with Gasteiger partial charge in [-0.1, -0.05) is 0 Å². The molecule has 0 radical (unpaired) electrons. The Morgan fingerprint density at radius 2 is 1.83 bits per heavy atom. The van der Waals surface area contributed by atoms with Crippen molar-refractivity contribution in [2.45, 2.75) is 30.1 Å². The SMILES string of the molecule is CC[CH2][GeH]([CH3])[CH3]. The first kappa shape index (κ1) is 6.54. The second-order valence-electron chi connectivity index (χ2n) is 2.18. The van der Waals surface area contributed by atoms with Gasteiger partial charge in [-0.15, -0.1) is 0 Å². The van der Waals surface area contributed by atoms with Gasteiger partial charge >= 0.3 is 44.5 Å². The predicted octanol–water partition coefficient (Wildman–Crippen LogP) is 1.88. The van der Waals surface area contributed by atoms with Crippen molar-refractivity contribution >= 4 is 14.3 Å². The van der Waals surface area contributed by atoms with E-state index < -0.39 is 14.3 Å². The quantitative estimate of drug-likeness (QED) is 0.522. The van der Waals surface area contributed by atoms with Gasteiger partial charge < -0.3 is 0 Å². The van der Waals surface area contributed by atoms with E-state index in [1.807, 2.05) is 0 Å². The maximum atomic E-state index is 2.44. The van der Waals surface area contributed by atoms with Crippen LogP contribution in [0.3, 0.4) is 0 Å². The van der Waals surface area contributed by atoms with Crippen molar-refractivity contribution in [2.24, 2.45) is 0 Å². The number of hydrogen-bond donors (Lipinski definition) is 0. The average Bonchev–Trinajstić information content (AvgIpc) is 1.35. The predicted molar refractivity (Wildman–Crippen MR) is 34.0 cm³/mol. The first-order valence-corrected chi connectivity index (χ1v) is 9.33. The van der Waals surface area contributed by atoms with E-state index >= 15 is 0 Å². The van der Waals surface area contributed by atoms with Crippen molar-refractivity contribution in [3.8, 4) is 0 Å². The molecule has 0 heterocycles. The van der Waals surface area contributed by atoms with Gasteiger partial charge in [-0.05, 0) is 0 Å². The molecule has 0 aliphatic heterocycles. The standard InChI is InChI=1S/C5H14Ge/c1-4-5-6(2)3/h6H,4-5H2,1-3H3. The summed E-state index contributed by atoms with van der Waals surface area (Å²) in [6, 6.07) is 0. The molecule has 0 N–H and O–H groups in total. The van der Waals surface area contributed by atoms with Crippen molar-refractivity contribution < 1.29 is 0 Å². The fourth-order valence-electron chi connectivity index (χ4n) is 0.577. The van der Waals surface area contributed by atoms with Crippen LogP contribution < -0.4 is 0 Å². The molecule has 0 aromatic rings. The Kier molecular flexibility index (Phi) is 4.06. The Morgan fingerprint density at radius 1 is 1.33 bits per heavy atom. The summed E-state index contributed by atoms with van der Waals surface area (Å²) in [5.41, 5.74) is 0. The molecule has 0 amide bonds. The monoisotopic (exact) mass is 148 g/mol. The normalized spacial score (nSPS) is 10.0. The van der Waals surface area contributed by atoms with E-state index in [4.69, 9.17) is 0 Å². The van der Waals surface area contributed by atoms with Crippen LogP contribution in [0.15, 0.2) is 0 Å². The van der Waals surface area contributed by atoms with Crippen molar-refractivity contribution in [3.05, 3.63) is 0 Å². The first-order chi connectivity index (χ1) is 2.77. The van der Waals surface area contributed by atoms with E-state index in [2.05, 4.69) is 18.4 Å². The molecule has 0 spiro atoms. The van der Waals surface area contributed by atoms with E-state index in [1.54, 1.807) is 5.25 Å². The molecule has 0 saturated carbocycles. The van der Waals surface area contributed by atoms with Crippen LogP contribution in [0.25, 0.3) is 0 Å². The number of hydrogen-bond acceptors (Lipinski definition) is 0. The summed E-state index contributed by atoms with van der Waals surface area (Å²) in [5.74, 6) is 4.88. The van der Waals surface area contributed by atoms with Gasteiger partial charge in [0.05, 0.1) is 0 Å². The summed E-state index contributed by atoms with van der Waals surface area (Å²) in [7, 11) is 0. The molecule has 6 heavy (non-hydrogen) atoms. The second-order valence-corrected chi connectivity index (χ2v) is 9.24. The molecule has 0 aliphatic carbocycles. The zero-order valence-corrected chi connectivity index (χ0v) is 7.41. The molecule has 0 bridgehead atoms. The second kappa shape index (κ2) is 3.72. The van der Waals surface area contributed by atoms with Gasteiger partial charge in [0, 0.05) is 0 Å². The molecule has 0 rings (SSSR count). The maximum absolute atomic E-state index is 2.44. The van der Waals surface area contributed by atoms with E-state index in [1.165, 1.54) is 6.42 Å². The summed E-state index contributed by atoms with van der Waals surface area (Å²) in [4.78, 5) is 0. The van der Waals surface area contributed by atoms with Gasteiger partial charge in [-0.2, -0.15) is 0 Å². The van der Waals surface area contributed by atoms with E-state index in [0.717, 1.165) is 0 Å². The topological polar surface area (TPSA) is 0 Å². The first-order valence-electron chi connectivity index (χ1n) is 2.77. The van der Waals surface area contributed by atoms with Crippen LogP contribution in [-0.4, -0.2) is 14.3 Å². The van der Waals surface area contributed by atoms with Crippen LogP contribution in [0, 0.1) is 0 Å². The van der Waals surface area contributed by atoms with E-state index in [0.29, 0.717) is 0 Å².